The molecule has 1 aromatic heterocycles. The summed E-state index contributed by atoms with van der Waals surface area (Å²) in [6.45, 7) is 3.04. The molecular formula is C23H25N3O2S. The minimum atomic E-state index is -0.920. The van der Waals surface area contributed by atoms with Gasteiger partial charge < -0.3 is 5.11 Å². The van der Waals surface area contributed by atoms with Gasteiger partial charge in [0.2, 0.25) is 0 Å². The van der Waals surface area contributed by atoms with Gasteiger partial charge in [-0.05, 0) is 34.5 Å². The van der Waals surface area contributed by atoms with E-state index in [-0.39, 0.29) is 0 Å². The zero-order chi connectivity index (χ0) is 20.6. The molecule has 0 unspecified atom stereocenters. The molecule has 0 atom stereocenters. The van der Waals surface area contributed by atoms with E-state index in [0.717, 1.165) is 47.7 Å². The van der Waals surface area contributed by atoms with E-state index in [4.69, 9.17) is 12.2 Å². The van der Waals surface area contributed by atoms with Crippen LogP contribution < -0.4 is 0 Å². The SMILES string of the molecule is CCCCCn1nc(CC=S)nc1Cc1ccc(-c2ccccc2C(=O)O)cc1. The molecule has 150 valence electrons. The molecule has 0 amide bonds. The average Bonchev–Trinajstić information content (AvgIpc) is 3.10. The van der Waals surface area contributed by atoms with Gasteiger partial charge in [0, 0.05) is 19.4 Å². The first-order valence-corrected chi connectivity index (χ1v) is 10.4. The summed E-state index contributed by atoms with van der Waals surface area (Å²) >= 11 is 4.96. The number of thiocarbonyl (C=S) groups is 1. The second kappa shape index (κ2) is 10.1. The fourth-order valence-corrected chi connectivity index (χ4v) is 3.46. The number of carboxylic acids is 1. The van der Waals surface area contributed by atoms with Gasteiger partial charge in [-0.1, -0.05) is 74.4 Å². The summed E-state index contributed by atoms with van der Waals surface area (Å²) in [5, 5.41) is 15.7. The topological polar surface area (TPSA) is 68.0 Å². The normalized spacial score (nSPS) is 10.8. The number of nitrogens with zero attached hydrogens (tertiary/aromatic N) is 3. The zero-order valence-corrected chi connectivity index (χ0v) is 17.4. The van der Waals surface area contributed by atoms with E-state index in [2.05, 4.69) is 17.0 Å². The lowest BCUT2D eigenvalue weighted by atomic mass is 9.98. The smallest absolute Gasteiger partial charge is 0.336 e. The highest BCUT2D eigenvalue weighted by atomic mass is 32.1. The van der Waals surface area contributed by atoms with Crippen LogP contribution in [-0.2, 0) is 19.4 Å². The summed E-state index contributed by atoms with van der Waals surface area (Å²) in [5.74, 6) is 0.779. The molecule has 5 nitrogen and oxygen atoms in total. The van der Waals surface area contributed by atoms with Crippen molar-refractivity contribution in [2.45, 2.75) is 45.6 Å². The molecule has 0 saturated heterocycles. The Kier molecular flexibility index (Phi) is 7.25. The molecule has 0 aliphatic carbocycles. The van der Waals surface area contributed by atoms with Gasteiger partial charge in [-0.3, -0.25) is 0 Å². The maximum Gasteiger partial charge on any atom is 0.336 e. The lowest BCUT2D eigenvalue weighted by Crippen LogP contribution is -2.07. The predicted octanol–water partition coefficient (Wildman–Crippen LogP) is 4.97. The molecule has 0 aliphatic heterocycles. The van der Waals surface area contributed by atoms with Gasteiger partial charge in [0.25, 0.3) is 0 Å². The van der Waals surface area contributed by atoms with Crippen LogP contribution in [0.25, 0.3) is 11.1 Å². The van der Waals surface area contributed by atoms with Gasteiger partial charge >= 0.3 is 5.97 Å². The minimum absolute atomic E-state index is 0.306. The highest BCUT2D eigenvalue weighted by Gasteiger charge is 2.12. The predicted molar refractivity (Wildman–Crippen MR) is 119 cm³/mol. The Morgan fingerprint density at radius 2 is 1.90 bits per heavy atom. The summed E-state index contributed by atoms with van der Waals surface area (Å²) in [4.78, 5) is 16.1. The van der Waals surface area contributed by atoms with Crippen molar-refractivity contribution in [1.82, 2.24) is 14.8 Å². The van der Waals surface area contributed by atoms with Crippen molar-refractivity contribution in [3.63, 3.8) is 0 Å². The molecule has 0 bridgehead atoms. The molecule has 0 radical (unpaired) electrons. The fraction of sp³-hybridized carbons (Fsp3) is 0.304. The molecule has 1 N–H and O–H groups in total. The molecule has 2 aromatic carbocycles. The first kappa shape index (κ1) is 20.9. The number of aromatic carboxylic acids is 1. The summed E-state index contributed by atoms with van der Waals surface area (Å²) in [7, 11) is 0. The number of hydrogen-bond acceptors (Lipinski definition) is 4. The Labute approximate surface area is 176 Å². The van der Waals surface area contributed by atoms with Crippen molar-refractivity contribution in [2.75, 3.05) is 0 Å². The highest BCUT2D eigenvalue weighted by Crippen LogP contribution is 2.24. The maximum atomic E-state index is 11.5. The number of rotatable bonds is 10. The summed E-state index contributed by atoms with van der Waals surface area (Å²) < 4.78 is 2.00. The Bertz CT molecular complexity index is 980. The molecule has 3 aromatic rings. The Hall–Kier alpha value is -2.86. The monoisotopic (exact) mass is 407 g/mol. The molecule has 1 heterocycles. The van der Waals surface area contributed by atoms with E-state index < -0.39 is 5.97 Å². The Balaban J connectivity index is 1.81. The number of benzene rings is 2. The van der Waals surface area contributed by atoms with Crippen LogP contribution in [0.3, 0.4) is 0 Å². The van der Waals surface area contributed by atoms with Crippen molar-refractivity contribution in [1.29, 1.82) is 0 Å². The number of aromatic nitrogens is 3. The van der Waals surface area contributed by atoms with Crippen molar-refractivity contribution in [2.24, 2.45) is 0 Å². The van der Waals surface area contributed by atoms with Crippen molar-refractivity contribution in [3.05, 3.63) is 71.3 Å². The number of hydrogen-bond donors (Lipinski definition) is 1. The minimum Gasteiger partial charge on any atom is -0.478 e. The third-order valence-electron chi connectivity index (χ3n) is 4.82. The van der Waals surface area contributed by atoms with Gasteiger partial charge in [-0.2, -0.15) is 5.10 Å². The third-order valence-corrected chi connectivity index (χ3v) is 4.98. The molecule has 29 heavy (non-hydrogen) atoms. The molecule has 3 rings (SSSR count). The Morgan fingerprint density at radius 1 is 1.14 bits per heavy atom. The van der Waals surface area contributed by atoms with E-state index in [1.807, 2.05) is 41.1 Å². The van der Waals surface area contributed by atoms with Crippen molar-refractivity contribution >= 4 is 23.6 Å². The lowest BCUT2D eigenvalue weighted by Gasteiger charge is -2.08. The van der Waals surface area contributed by atoms with Crippen LogP contribution >= 0.6 is 12.2 Å². The van der Waals surface area contributed by atoms with Gasteiger partial charge in [0.1, 0.15) is 5.82 Å². The summed E-state index contributed by atoms with van der Waals surface area (Å²) in [6.07, 6.45) is 4.68. The number of unbranched alkanes of at least 4 members (excludes halogenated alkanes) is 2. The standard InChI is InChI=1S/C23H25N3O2S/c1-2-3-6-14-26-22(24-21(25-26)13-15-29)16-17-9-11-18(12-10-17)19-7-4-5-8-20(19)23(27)28/h4-5,7-12,15H,2-3,6,13-14,16H2,1H3,(H,27,28). The van der Waals surface area contributed by atoms with Crippen LogP contribution in [0.2, 0.25) is 0 Å². The first-order chi connectivity index (χ1) is 14.1. The second-order valence-corrected chi connectivity index (χ2v) is 7.30. The number of carboxylic acid groups (broad SMARTS) is 1. The molecule has 0 fully saturated rings. The van der Waals surface area contributed by atoms with Crippen LogP contribution in [0, 0.1) is 0 Å². The van der Waals surface area contributed by atoms with E-state index in [1.165, 1.54) is 6.42 Å². The van der Waals surface area contributed by atoms with Crippen LogP contribution in [-0.4, -0.2) is 31.2 Å². The number of carbonyl (C=O) groups is 1. The largest absolute Gasteiger partial charge is 0.478 e. The van der Waals surface area contributed by atoms with Crippen molar-refractivity contribution < 1.29 is 9.90 Å². The van der Waals surface area contributed by atoms with Gasteiger partial charge in [-0.25, -0.2) is 14.5 Å². The lowest BCUT2D eigenvalue weighted by molar-refractivity contribution is 0.0697. The molecule has 0 aliphatic rings. The van der Waals surface area contributed by atoms with E-state index >= 15 is 0 Å². The fourth-order valence-electron chi connectivity index (χ4n) is 3.31. The van der Waals surface area contributed by atoms with E-state index in [1.54, 1.807) is 17.5 Å². The quantitative estimate of drug-likeness (QED) is 0.380. The van der Waals surface area contributed by atoms with Crippen LogP contribution in [0.1, 0.15) is 53.8 Å². The summed E-state index contributed by atoms with van der Waals surface area (Å²) in [5.41, 5.74) is 3.02. The number of aryl methyl sites for hydroxylation is 1. The molecule has 0 saturated carbocycles. The third kappa shape index (κ3) is 5.35. The zero-order valence-electron chi connectivity index (χ0n) is 16.5. The highest BCUT2D eigenvalue weighted by molar-refractivity contribution is 7.78. The maximum absolute atomic E-state index is 11.5. The summed E-state index contributed by atoms with van der Waals surface area (Å²) in [6, 6.07) is 15.0. The van der Waals surface area contributed by atoms with Crippen LogP contribution in [0.15, 0.2) is 48.5 Å². The van der Waals surface area contributed by atoms with Gasteiger partial charge in [-0.15, -0.1) is 0 Å². The van der Waals surface area contributed by atoms with Gasteiger partial charge in [0.05, 0.1) is 5.56 Å². The average molecular weight is 408 g/mol. The Morgan fingerprint density at radius 3 is 2.59 bits per heavy atom. The van der Waals surface area contributed by atoms with Crippen LogP contribution in [0.5, 0.6) is 0 Å². The second-order valence-electron chi connectivity index (χ2n) is 6.97. The van der Waals surface area contributed by atoms with Gasteiger partial charge in [0.15, 0.2) is 5.82 Å². The first-order valence-electron chi connectivity index (χ1n) is 9.90. The van der Waals surface area contributed by atoms with Crippen LogP contribution in [0.4, 0.5) is 0 Å². The molecule has 6 heteroatoms. The molecular weight excluding hydrogens is 382 g/mol. The molecule has 0 spiro atoms. The van der Waals surface area contributed by atoms with E-state index in [9.17, 15) is 9.90 Å². The van der Waals surface area contributed by atoms with E-state index in [0.29, 0.717) is 18.4 Å². The van der Waals surface area contributed by atoms with Crippen molar-refractivity contribution in [3.8, 4) is 11.1 Å².